The molecule has 0 rings (SSSR count). The summed E-state index contributed by atoms with van der Waals surface area (Å²) in [5.74, 6) is 0.0458. The highest BCUT2D eigenvalue weighted by Crippen LogP contribution is 2.14. The average molecular weight is 262 g/mol. The van der Waals surface area contributed by atoms with Crippen molar-refractivity contribution in [2.75, 3.05) is 14.2 Å². The van der Waals surface area contributed by atoms with Gasteiger partial charge in [0.15, 0.2) is 0 Å². The molecule has 0 aliphatic carbocycles. The molecule has 0 saturated carbocycles. The number of hydrogen-bond donors (Lipinski definition) is 0. The molecule has 17 heavy (non-hydrogen) atoms. The monoisotopic (exact) mass is 261 g/mol. The van der Waals surface area contributed by atoms with Gasteiger partial charge in [-0.3, -0.25) is 9.63 Å². The number of carbonyl (C=O) groups excluding carboxylic acids is 1. The number of allylic oxidation sites excluding steroid dienone is 2. The third-order valence-corrected chi connectivity index (χ3v) is 3.15. The summed E-state index contributed by atoms with van der Waals surface area (Å²) in [5.41, 5.74) is 0. The number of unbranched alkanes of at least 4 members (excludes halogenated alkanes) is 4. The highest BCUT2D eigenvalue weighted by atomic mass is 35.5. The van der Waals surface area contributed by atoms with Gasteiger partial charge in [-0.05, 0) is 26.2 Å². The Hall–Kier alpha value is -0.540. The Morgan fingerprint density at radius 2 is 1.71 bits per heavy atom. The van der Waals surface area contributed by atoms with Gasteiger partial charge in [0.25, 0.3) is 0 Å². The SMILES string of the molecule is C/C=C(/Cl)CCCCCCCC(=O)N(C)OC. The van der Waals surface area contributed by atoms with Crippen LogP contribution in [-0.4, -0.2) is 25.1 Å². The maximum atomic E-state index is 11.4. The number of rotatable bonds is 9. The van der Waals surface area contributed by atoms with Crippen LogP contribution in [0.5, 0.6) is 0 Å². The summed E-state index contributed by atoms with van der Waals surface area (Å²) in [6, 6.07) is 0. The van der Waals surface area contributed by atoms with E-state index in [0.717, 1.165) is 37.1 Å². The molecule has 0 aromatic carbocycles. The minimum atomic E-state index is 0.0458. The molecule has 0 spiro atoms. The minimum absolute atomic E-state index is 0.0458. The Morgan fingerprint density at radius 3 is 2.24 bits per heavy atom. The van der Waals surface area contributed by atoms with E-state index in [1.807, 2.05) is 13.0 Å². The van der Waals surface area contributed by atoms with Gasteiger partial charge in [0.1, 0.15) is 0 Å². The highest BCUT2D eigenvalue weighted by molar-refractivity contribution is 6.29. The summed E-state index contributed by atoms with van der Waals surface area (Å²) < 4.78 is 0. The van der Waals surface area contributed by atoms with Crippen LogP contribution in [0.15, 0.2) is 11.1 Å². The lowest BCUT2D eigenvalue weighted by molar-refractivity contribution is -0.168. The number of amides is 1. The van der Waals surface area contributed by atoms with Crippen LogP contribution < -0.4 is 0 Å². The van der Waals surface area contributed by atoms with Gasteiger partial charge in [-0.15, -0.1) is 0 Å². The first kappa shape index (κ1) is 16.5. The molecule has 0 aliphatic rings. The molecular weight excluding hydrogens is 238 g/mol. The smallest absolute Gasteiger partial charge is 0.245 e. The molecule has 0 bridgehead atoms. The third-order valence-electron chi connectivity index (χ3n) is 2.74. The van der Waals surface area contributed by atoms with Crippen molar-refractivity contribution in [2.24, 2.45) is 0 Å². The molecule has 0 saturated heterocycles. The molecule has 0 heterocycles. The summed E-state index contributed by atoms with van der Waals surface area (Å²) in [7, 11) is 3.14. The van der Waals surface area contributed by atoms with E-state index in [9.17, 15) is 4.79 Å². The fraction of sp³-hybridized carbons (Fsp3) is 0.769. The van der Waals surface area contributed by atoms with Gasteiger partial charge >= 0.3 is 0 Å². The fourth-order valence-corrected chi connectivity index (χ4v) is 1.64. The quantitative estimate of drug-likeness (QED) is 0.466. The molecule has 0 radical (unpaired) electrons. The molecule has 0 aromatic heterocycles. The lowest BCUT2D eigenvalue weighted by atomic mass is 10.1. The molecule has 0 atom stereocenters. The molecule has 3 nitrogen and oxygen atoms in total. The first-order chi connectivity index (χ1) is 8.11. The Balaban J connectivity index is 3.32. The van der Waals surface area contributed by atoms with Crippen molar-refractivity contribution in [1.82, 2.24) is 5.06 Å². The number of nitrogens with zero attached hydrogens (tertiary/aromatic N) is 1. The topological polar surface area (TPSA) is 29.5 Å². The zero-order valence-electron chi connectivity index (χ0n) is 11.2. The Kier molecular flexibility index (Phi) is 10.3. The molecule has 0 fully saturated rings. The number of carbonyl (C=O) groups is 1. The van der Waals surface area contributed by atoms with Crippen molar-refractivity contribution in [3.8, 4) is 0 Å². The maximum Gasteiger partial charge on any atom is 0.245 e. The maximum absolute atomic E-state index is 11.4. The summed E-state index contributed by atoms with van der Waals surface area (Å²) >= 11 is 5.89. The molecular formula is C13H24ClNO2. The van der Waals surface area contributed by atoms with Crippen LogP contribution in [-0.2, 0) is 9.63 Å². The summed E-state index contributed by atoms with van der Waals surface area (Å²) in [6.07, 6.45) is 9.00. The van der Waals surface area contributed by atoms with Gasteiger partial charge in [0.2, 0.25) is 5.91 Å². The zero-order chi connectivity index (χ0) is 13.1. The van der Waals surface area contributed by atoms with E-state index in [-0.39, 0.29) is 5.91 Å². The molecule has 0 N–H and O–H groups in total. The first-order valence-electron chi connectivity index (χ1n) is 6.23. The van der Waals surface area contributed by atoms with E-state index >= 15 is 0 Å². The van der Waals surface area contributed by atoms with Crippen LogP contribution >= 0.6 is 11.6 Å². The van der Waals surface area contributed by atoms with Crippen LogP contribution in [0.1, 0.15) is 51.9 Å². The molecule has 0 aliphatic heterocycles. The van der Waals surface area contributed by atoms with E-state index in [1.54, 1.807) is 7.05 Å². The van der Waals surface area contributed by atoms with Crippen molar-refractivity contribution >= 4 is 17.5 Å². The molecule has 4 heteroatoms. The standard InChI is InChI=1S/C13H24ClNO2/c1-4-12(14)10-8-6-5-7-9-11-13(16)15(2)17-3/h4H,5-11H2,1-3H3/b12-4+. The fourth-order valence-electron chi connectivity index (χ4n) is 1.50. The predicted octanol–water partition coefficient (Wildman–Crippen LogP) is 3.88. The molecule has 100 valence electrons. The van der Waals surface area contributed by atoms with E-state index in [0.29, 0.717) is 6.42 Å². The molecule has 1 amide bonds. The predicted molar refractivity (Wildman–Crippen MR) is 71.7 cm³/mol. The van der Waals surface area contributed by atoms with Crippen LogP contribution in [0, 0.1) is 0 Å². The number of halogens is 1. The van der Waals surface area contributed by atoms with Gasteiger partial charge in [0, 0.05) is 18.5 Å². The summed E-state index contributed by atoms with van der Waals surface area (Å²) in [6.45, 7) is 1.96. The van der Waals surface area contributed by atoms with E-state index in [1.165, 1.54) is 18.6 Å². The van der Waals surface area contributed by atoms with Gasteiger partial charge in [0.05, 0.1) is 7.11 Å². The second-order valence-corrected chi connectivity index (χ2v) is 4.56. The van der Waals surface area contributed by atoms with Crippen LogP contribution in [0.4, 0.5) is 0 Å². The van der Waals surface area contributed by atoms with E-state index < -0.39 is 0 Å². The van der Waals surface area contributed by atoms with Gasteiger partial charge in [-0.2, -0.15) is 0 Å². The van der Waals surface area contributed by atoms with Gasteiger partial charge in [-0.1, -0.05) is 36.9 Å². The molecule has 0 aromatic rings. The zero-order valence-corrected chi connectivity index (χ0v) is 11.9. The lowest BCUT2D eigenvalue weighted by Crippen LogP contribution is -2.24. The number of hydroxylamine groups is 2. The van der Waals surface area contributed by atoms with Crippen molar-refractivity contribution in [1.29, 1.82) is 0 Å². The van der Waals surface area contributed by atoms with Gasteiger partial charge < -0.3 is 0 Å². The van der Waals surface area contributed by atoms with Crippen molar-refractivity contribution in [3.63, 3.8) is 0 Å². The minimum Gasteiger partial charge on any atom is -0.275 e. The molecule has 0 unspecified atom stereocenters. The Labute approximate surface area is 110 Å². The summed E-state index contributed by atoms with van der Waals surface area (Å²) in [5, 5.41) is 2.23. The average Bonchev–Trinajstić information content (AvgIpc) is 2.35. The van der Waals surface area contributed by atoms with E-state index in [2.05, 4.69) is 0 Å². The van der Waals surface area contributed by atoms with Crippen molar-refractivity contribution in [3.05, 3.63) is 11.1 Å². The van der Waals surface area contributed by atoms with Gasteiger partial charge in [-0.25, -0.2) is 5.06 Å². The normalized spacial score (nSPS) is 11.6. The second-order valence-electron chi connectivity index (χ2n) is 4.08. The Bertz CT molecular complexity index is 242. The number of hydrogen-bond acceptors (Lipinski definition) is 2. The van der Waals surface area contributed by atoms with Crippen molar-refractivity contribution in [2.45, 2.75) is 51.9 Å². The highest BCUT2D eigenvalue weighted by Gasteiger charge is 2.06. The second kappa shape index (κ2) is 10.6. The lowest BCUT2D eigenvalue weighted by Gasteiger charge is -2.12. The summed E-state index contributed by atoms with van der Waals surface area (Å²) in [4.78, 5) is 16.2. The van der Waals surface area contributed by atoms with Crippen LogP contribution in [0.25, 0.3) is 0 Å². The Morgan fingerprint density at radius 1 is 1.18 bits per heavy atom. The van der Waals surface area contributed by atoms with E-state index in [4.69, 9.17) is 16.4 Å². The van der Waals surface area contributed by atoms with Crippen LogP contribution in [0.2, 0.25) is 0 Å². The van der Waals surface area contributed by atoms with Crippen LogP contribution in [0.3, 0.4) is 0 Å². The third kappa shape index (κ3) is 9.19. The largest absolute Gasteiger partial charge is 0.275 e. The van der Waals surface area contributed by atoms with Crippen molar-refractivity contribution < 1.29 is 9.63 Å². The first-order valence-corrected chi connectivity index (χ1v) is 6.61.